The molecule has 0 aliphatic carbocycles. The highest BCUT2D eigenvalue weighted by Gasteiger charge is 2.30. The van der Waals surface area contributed by atoms with Crippen molar-refractivity contribution in [1.82, 2.24) is 36.5 Å². The Hall–Kier alpha value is -5.34. The molecule has 56 heavy (non-hydrogen) atoms. The van der Waals surface area contributed by atoms with Crippen molar-refractivity contribution in [3.05, 3.63) is 35.9 Å². The molecule has 0 heterocycles. The molecule has 0 fully saturated rings. The molecule has 1 aromatic carbocycles. The fourth-order valence-corrected chi connectivity index (χ4v) is 5.07. The summed E-state index contributed by atoms with van der Waals surface area (Å²) in [6.45, 7) is 2.95. The van der Waals surface area contributed by atoms with Crippen LogP contribution in [0.5, 0.6) is 0 Å². The first kappa shape index (κ1) is 48.7. The number of methoxy groups -OCH3 is 1. The van der Waals surface area contributed by atoms with Crippen LogP contribution < -0.4 is 21.3 Å². The van der Waals surface area contributed by atoms with Crippen LogP contribution in [0.4, 0.5) is 4.79 Å². The molecular formula is C36H57N7O13. The zero-order valence-electron chi connectivity index (χ0n) is 32.5. The second kappa shape index (κ2) is 27.3. The number of alkyl carbamates (subject to hydrolysis) is 1. The van der Waals surface area contributed by atoms with E-state index in [0.29, 0.717) is 40.0 Å². The Bertz CT molecular complexity index is 1430. The minimum Gasteiger partial charge on any atom is -0.469 e. The molecule has 0 bridgehead atoms. The molecule has 7 N–H and O–H groups in total. The van der Waals surface area contributed by atoms with Crippen LogP contribution in [0, 0.1) is 0 Å². The van der Waals surface area contributed by atoms with Gasteiger partial charge in [-0.3, -0.25) is 49.2 Å². The van der Waals surface area contributed by atoms with Gasteiger partial charge in [0.1, 0.15) is 24.7 Å². The van der Waals surface area contributed by atoms with Crippen LogP contribution >= 0.6 is 0 Å². The van der Waals surface area contributed by atoms with Gasteiger partial charge in [-0.15, -0.1) is 0 Å². The van der Waals surface area contributed by atoms with Crippen LogP contribution in [-0.4, -0.2) is 130 Å². The average molecular weight is 796 g/mol. The minimum atomic E-state index is -1.38. The van der Waals surface area contributed by atoms with Gasteiger partial charge in [0.05, 0.1) is 7.11 Å². The number of esters is 1. The van der Waals surface area contributed by atoms with Crippen molar-refractivity contribution < 1.29 is 63.5 Å². The standard InChI is InChI=1S/C36H57N7O13/c1-25(44)41(52)21-11-16-29(33(48)37-20-10-6-9-19-32(47)55-4)38-34(49)30(17-12-22-42(53)26(2)45)39-35(50)31(18-13-23-43(54)27(3)46)40-36(51)56-24-28-14-7-5-8-15-28/h5,7-8,14-15,29-31,52-54H,6,9-13,16-24H2,1-4H3,(H,37,48)(H,38,49)(H,39,50)(H,40,51)/t29-,30-,31-/m0/s1. The van der Waals surface area contributed by atoms with E-state index in [-0.39, 0.29) is 83.7 Å². The van der Waals surface area contributed by atoms with Crippen molar-refractivity contribution in [2.75, 3.05) is 33.3 Å². The number of rotatable bonds is 26. The van der Waals surface area contributed by atoms with Gasteiger partial charge in [-0.25, -0.2) is 20.0 Å². The topological polar surface area (TPSA) is 274 Å². The minimum absolute atomic E-state index is 0.00423. The van der Waals surface area contributed by atoms with E-state index in [2.05, 4.69) is 26.0 Å². The summed E-state index contributed by atoms with van der Waals surface area (Å²) in [6.07, 6.45) is 0.717. The predicted molar refractivity (Wildman–Crippen MR) is 196 cm³/mol. The predicted octanol–water partition coefficient (Wildman–Crippen LogP) is 1.15. The summed E-state index contributed by atoms with van der Waals surface area (Å²) >= 11 is 0. The normalized spacial score (nSPS) is 12.2. The average Bonchev–Trinajstić information content (AvgIpc) is 3.16. The smallest absolute Gasteiger partial charge is 0.408 e. The molecule has 0 aliphatic rings. The number of nitrogens with zero attached hydrogens (tertiary/aromatic N) is 3. The fourth-order valence-electron chi connectivity index (χ4n) is 5.07. The van der Waals surface area contributed by atoms with E-state index in [0.717, 1.165) is 20.8 Å². The molecule has 3 atom stereocenters. The van der Waals surface area contributed by atoms with E-state index < -0.39 is 59.7 Å². The lowest BCUT2D eigenvalue weighted by atomic mass is 10.1. The van der Waals surface area contributed by atoms with Gasteiger partial charge in [0.25, 0.3) is 0 Å². The largest absolute Gasteiger partial charge is 0.469 e. The molecule has 7 amide bonds. The van der Waals surface area contributed by atoms with Crippen molar-refractivity contribution in [3.63, 3.8) is 0 Å². The molecule has 0 spiro atoms. The zero-order chi connectivity index (χ0) is 42.0. The van der Waals surface area contributed by atoms with Gasteiger partial charge >= 0.3 is 12.1 Å². The molecule has 0 saturated heterocycles. The molecule has 1 rings (SSSR count). The Kier molecular flexibility index (Phi) is 23.7. The maximum absolute atomic E-state index is 13.8. The summed E-state index contributed by atoms with van der Waals surface area (Å²) in [5, 5.41) is 41.2. The number of nitrogens with one attached hydrogen (secondary N) is 4. The summed E-state index contributed by atoms with van der Waals surface area (Å²) in [4.78, 5) is 99.6. The van der Waals surface area contributed by atoms with E-state index in [4.69, 9.17) is 4.74 Å². The number of hydrogen-bond acceptors (Lipinski definition) is 13. The summed E-state index contributed by atoms with van der Waals surface area (Å²) in [5.41, 5.74) is 0.673. The van der Waals surface area contributed by atoms with E-state index in [1.807, 2.05) is 0 Å². The fraction of sp³-hybridized carbons (Fsp3) is 0.611. The molecule has 314 valence electrons. The van der Waals surface area contributed by atoms with Gasteiger partial charge in [0.15, 0.2) is 0 Å². The van der Waals surface area contributed by atoms with Crippen LogP contribution in [0.3, 0.4) is 0 Å². The number of unbranched alkanes of at least 4 members (excludes halogenated alkanes) is 2. The van der Waals surface area contributed by atoms with Crippen LogP contribution in [0.1, 0.15) is 90.5 Å². The number of carbonyl (C=O) groups is 8. The van der Waals surface area contributed by atoms with E-state index in [1.54, 1.807) is 30.3 Å². The number of carbonyl (C=O) groups excluding carboxylic acids is 8. The maximum Gasteiger partial charge on any atom is 0.408 e. The molecule has 0 aliphatic heterocycles. The van der Waals surface area contributed by atoms with Crippen LogP contribution in [0.15, 0.2) is 30.3 Å². The number of hydrogen-bond donors (Lipinski definition) is 7. The van der Waals surface area contributed by atoms with Crippen molar-refractivity contribution >= 4 is 47.5 Å². The Morgan fingerprint density at radius 2 is 1.05 bits per heavy atom. The van der Waals surface area contributed by atoms with Crippen LogP contribution in [0.25, 0.3) is 0 Å². The number of hydroxylamine groups is 6. The Morgan fingerprint density at radius 1 is 0.607 bits per heavy atom. The van der Waals surface area contributed by atoms with Gasteiger partial charge in [0, 0.05) is 53.4 Å². The van der Waals surface area contributed by atoms with Crippen molar-refractivity contribution in [1.29, 1.82) is 0 Å². The second-order valence-electron chi connectivity index (χ2n) is 12.9. The molecular weight excluding hydrogens is 738 g/mol. The molecule has 20 heteroatoms. The van der Waals surface area contributed by atoms with Crippen LogP contribution in [-0.2, 0) is 49.6 Å². The number of benzene rings is 1. The summed E-state index contributed by atoms with van der Waals surface area (Å²) in [5.74, 6) is -4.58. The van der Waals surface area contributed by atoms with Crippen molar-refractivity contribution in [3.8, 4) is 0 Å². The Balaban J connectivity index is 3.21. The first-order valence-electron chi connectivity index (χ1n) is 18.4. The summed E-state index contributed by atoms with van der Waals surface area (Å²) in [6, 6.07) is 4.82. The first-order chi connectivity index (χ1) is 26.5. The maximum atomic E-state index is 13.8. The molecule has 0 radical (unpaired) electrons. The quantitative estimate of drug-likeness (QED) is 0.0301. The zero-order valence-corrected chi connectivity index (χ0v) is 32.5. The van der Waals surface area contributed by atoms with Gasteiger partial charge < -0.3 is 30.7 Å². The monoisotopic (exact) mass is 795 g/mol. The molecule has 0 unspecified atom stereocenters. The van der Waals surface area contributed by atoms with Gasteiger partial charge in [0.2, 0.25) is 35.4 Å². The van der Waals surface area contributed by atoms with Gasteiger partial charge in [-0.2, -0.15) is 0 Å². The summed E-state index contributed by atoms with van der Waals surface area (Å²) in [7, 11) is 1.29. The number of amides is 7. The molecule has 0 saturated carbocycles. The third kappa shape index (κ3) is 20.9. The number of ether oxygens (including phenoxy) is 2. The molecule has 0 aromatic heterocycles. The highest BCUT2D eigenvalue weighted by molar-refractivity contribution is 5.93. The highest BCUT2D eigenvalue weighted by atomic mass is 16.5. The SMILES string of the molecule is COC(=O)CCCCCNC(=O)[C@H](CCCN(O)C(C)=O)NC(=O)[C@H](CCCN(O)C(C)=O)NC(=O)[C@H](CCCN(O)C(C)=O)NC(=O)OCc1ccccc1. The Morgan fingerprint density at radius 3 is 1.50 bits per heavy atom. The van der Waals surface area contributed by atoms with Gasteiger partial charge in [-0.1, -0.05) is 36.8 Å². The van der Waals surface area contributed by atoms with Crippen molar-refractivity contribution in [2.24, 2.45) is 0 Å². The lowest BCUT2D eigenvalue weighted by molar-refractivity contribution is -0.163. The summed E-state index contributed by atoms with van der Waals surface area (Å²) < 4.78 is 9.88. The van der Waals surface area contributed by atoms with Crippen LogP contribution in [0.2, 0.25) is 0 Å². The molecule has 20 nitrogen and oxygen atoms in total. The van der Waals surface area contributed by atoms with Gasteiger partial charge in [-0.05, 0) is 56.9 Å². The second-order valence-corrected chi connectivity index (χ2v) is 12.9. The molecule has 1 aromatic rings. The van der Waals surface area contributed by atoms with E-state index in [9.17, 15) is 54.0 Å². The van der Waals surface area contributed by atoms with E-state index >= 15 is 0 Å². The Labute approximate surface area is 326 Å². The third-order valence-electron chi connectivity index (χ3n) is 8.35. The third-order valence-corrected chi connectivity index (χ3v) is 8.35. The first-order valence-corrected chi connectivity index (χ1v) is 18.4. The lowest BCUT2D eigenvalue weighted by Crippen LogP contribution is -2.57. The highest BCUT2D eigenvalue weighted by Crippen LogP contribution is 2.09. The van der Waals surface area contributed by atoms with Crippen molar-refractivity contribution in [2.45, 2.75) is 110 Å². The van der Waals surface area contributed by atoms with E-state index in [1.165, 1.54) is 7.11 Å². The lowest BCUT2D eigenvalue weighted by Gasteiger charge is -2.26.